The van der Waals surface area contributed by atoms with E-state index in [4.69, 9.17) is 17.7 Å². The maximum absolute atomic E-state index is 10.7. The van der Waals surface area contributed by atoms with Gasteiger partial charge in [0.1, 0.15) is 5.75 Å². The Bertz CT molecular complexity index is 595. The van der Waals surface area contributed by atoms with Gasteiger partial charge in [-0.3, -0.25) is 0 Å². The van der Waals surface area contributed by atoms with Crippen molar-refractivity contribution in [3.8, 4) is 5.75 Å². The number of para-hydroxylation sites is 1. The Morgan fingerprint density at radius 1 is 1.23 bits per heavy atom. The molecule has 0 N–H and O–H groups in total. The number of rotatable bonds is 1. The zero-order chi connectivity index (χ0) is 17.2. The number of hydrogen-bond acceptors (Lipinski definition) is 4. The van der Waals surface area contributed by atoms with Crippen molar-refractivity contribution in [1.29, 1.82) is 0 Å². The van der Waals surface area contributed by atoms with Gasteiger partial charge in [0, 0.05) is 0 Å². The minimum absolute atomic E-state index is 0.910. The first-order valence-electron chi connectivity index (χ1n) is 5.69. The molecule has 4 nitrogen and oxygen atoms in total. The molecule has 0 amide bonds. The minimum atomic E-state index is -6.09. The molecule has 1 aliphatic rings. The fourth-order valence-electron chi connectivity index (χ4n) is 0.972. The number of benzene rings is 1. The van der Waals surface area contributed by atoms with E-state index in [0.29, 0.717) is 0 Å². The summed E-state index contributed by atoms with van der Waals surface area (Å²) in [6.45, 7) is 0. The number of ether oxygens (including phenoxy) is 1. The van der Waals surface area contributed by atoms with Crippen molar-refractivity contribution in [2.24, 2.45) is 0 Å². The zero-order valence-corrected chi connectivity index (χ0v) is 13.3. The molecule has 0 unspecified atom stereocenters. The summed E-state index contributed by atoms with van der Waals surface area (Å²) >= 11 is 3.74. The van der Waals surface area contributed by atoms with Crippen molar-refractivity contribution in [2.75, 3.05) is 7.11 Å². The predicted molar refractivity (Wildman–Crippen MR) is 70.6 cm³/mol. The van der Waals surface area contributed by atoms with Crippen LogP contribution in [0.3, 0.4) is 0 Å². The van der Waals surface area contributed by atoms with Crippen LogP contribution < -0.4 is 4.74 Å². The van der Waals surface area contributed by atoms with Crippen LogP contribution in [0.25, 0.3) is 0 Å². The van der Waals surface area contributed by atoms with E-state index in [1.165, 1.54) is 4.47 Å². The van der Waals surface area contributed by atoms with Crippen molar-refractivity contribution >= 4 is 10.1 Å². The zero-order valence-electron chi connectivity index (χ0n) is 11.4. The van der Waals surface area contributed by atoms with Gasteiger partial charge in [0.2, 0.25) is 0 Å². The summed E-state index contributed by atoms with van der Waals surface area (Å²) in [5, 5.41) is 0. The summed E-state index contributed by atoms with van der Waals surface area (Å²) in [5.41, 5.74) is -5.65. The summed E-state index contributed by atoms with van der Waals surface area (Å²) in [6.07, 6.45) is 7.21. The molecule has 0 atom stereocenters. The summed E-state index contributed by atoms with van der Waals surface area (Å²) < 4.78 is 65.0. The van der Waals surface area contributed by atoms with Crippen molar-refractivity contribution in [3.63, 3.8) is 0 Å². The van der Waals surface area contributed by atoms with Gasteiger partial charge in [-0.15, -0.1) is 0 Å². The predicted octanol–water partition coefficient (Wildman–Crippen LogP) is 3.12. The third-order valence-electron chi connectivity index (χ3n) is 1.98. The van der Waals surface area contributed by atoms with Gasteiger partial charge in [0.15, 0.2) is 10.1 Å². The van der Waals surface area contributed by atoms with Crippen LogP contribution in [0.15, 0.2) is 53.0 Å². The second kappa shape index (κ2) is 9.68. The van der Waals surface area contributed by atoms with E-state index in [0.717, 1.165) is 12.2 Å². The van der Waals surface area contributed by atoms with E-state index in [1.807, 2.05) is 42.5 Å². The molecule has 0 fully saturated rings. The molecule has 1 aliphatic carbocycles. The average molecular weight is 378 g/mol. The molecule has 0 bridgehead atoms. The Morgan fingerprint density at radius 3 is 1.91 bits per heavy atom. The van der Waals surface area contributed by atoms with E-state index in [1.54, 1.807) is 7.11 Å². The van der Waals surface area contributed by atoms with Crippen molar-refractivity contribution < 1.29 is 46.9 Å². The molecule has 124 valence electrons. The van der Waals surface area contributed by atoms with Crippen LogP contribution in [0.4, 0.5) is 13.2 Å². The molecule has 2 rings (SSSR count). The first-order chi connectivity index (χ1) is 10.1. The second-order valence-electron chi connectivity index (χ2n) is 3.65. The summed E-state index contributed by atoms with van der Waals surface area (Å²) in [5.74, 6) is 0.910. The van der Waals surface area contributed by atoms with Crippen LogP contribution in [0.2, 0.25) is 0 Å². The number of alkyl halides is 3. The molecular weight excluding hydrogens is 365 g/mol. The molecule has 0 saturated heterocycles. The van der Waals surface area contributed by atoms with Gasteiger partial charge in [0.25, 0.3) is 0 Å². The van der Waals surface area contributed by atoms with Gasteiger partial charge in [-0.1, -0.05) is 18.2 Å². The van der Waals surface area contributed by atoms with Crippen LogP contribution in [0.5, 0.6) is 5.75 Å². The van der Waals surface area contributed by atoms with Crippen molar-refractivity contribution in [2.45, 2.75) is 11.9 Å². The molecule has 0 aromatic heterocycles. The molecule has 0 radical (unpaired) electrons. The van der Waals surface area contributed by atoms with Gasteiger partial charge in [-0.2, -0.15) is 13.2 Å². The molecule has 9 heteroatoms. The standard InChI is InChI=1S/C7H8O.C5H5.CHF3O3S.Fe/c1-8-7-5-3-2-4-6-7;1-2-4-5-3-1;2-1(3,4)8(5,6)7;/h2-6H,1H3;1-3H,4H2;(H,5,6,7);/q;;;+1/p-1. The van der Waals surface area contributed by atoms with Crippen LogP contribution in [0, 0.1) is 0 Å². The first kappa shape index (κ1) is 20.7. The SMILES string of the molecule is COc1ccccc1.O=S(=O)([O-])C(F)(F)F.[Fe+][C]1=CC=CC1. The molecule has 1 aromatic rings. The molecule has 0 aliphatic heterocycles. The number of halogens is 3. The van der Waals surface area contributed by atoms with E-state index < -0.39 is 15.6 Å². The average Bonchev–Trinajstić information content (AvgIpc) is 2.90. The summed E-state index contributed by atoms with van der Waals surface area (Å²) in [7, 11) is -4.43. The van der Waals surface area contributed by atoms with Gasteiger partial charge < -0.3 is 9.29 Å². The quantitative estimate of drug-likeness (QED) is 0.428. The molecule has 0 spiro atoms. The number of methoxy groups -OCH3 is 1. The van der Waals surface area contributed by atoms with Gasteiger partial charge in [-0.05, 0) is 12.1 Å². The Kier molecular flexibility index (Phi) is 9.12. The van der Waals surface area contributed by atoms with Crippen molar-refractivity contribution in [1.82, 2.24) is 0 Å². The van der Waals surface area contributed by atoms with Crippen LogP contribution >= 0.6 is 0 Å². The fraction of sp³-hybridized carbons (Fsp3) is 0.231. The van der Waals surface area contributed by atoms with E-state index in [9.17, 15) is 13.2 Å². The molecule has 0 heterocycles. The molecular formula is C13H13F3FeO4S. The van der Waals surface area contributed by atoms with Gasteiger partial charge in [0.05, 0.1) is 7.11 Å². The summed E-state index contributed by atoms with van der Waals surface area (Å²) in [6, 6.07) is 9.68. The third-order valence-corrected chi connectivity index (χ3v) is 2.96. The maximum atomic E-state index is 10.7. The second-order valence-corrected chi connectivity index (χ2v) is 5.73. The normalized spacial score (nSPS) is 13.3. The topological polar surface area (TPSA) is 66.4 Å². The van der Waals surface area contributed by atoms with Crippen LogP contribution in [0.1, 0.15) is 6.42 Å². The number of allylic oxidation sites excluding steroid dienone is 4. The Labute approximate surface area is 135 Å². The Morgan fingerprint density at radius 2 is 1.73 bits per heavy atom. The van der Waals surface area contributed by atoms with Gasteiger partial charge >= 0.3 is 50.6 Å². The Hall–Kier alpha value is -1.28. The van der Waals surface area contributed by atoms with Crippen LogP contribution in [-0.2, 0) is 26.1 Å². The Balaban J connectivity index is 0.000000304. The van der Waals surface area contributed by atoms with E-state index in [2.05, 4.69) is 22.1 Å². The number of hydrogen-bond donors (Lipinski definition) is 0. The van der Waals surface area contributed by atoms with E-state index in [-0.39, 0.29) is 0 Å². The first-order valence-corrected chi connectivity index (χ1v) is 7.65. The van der Waals surface area contributed by atoms with E-state index >= 15 is 0 Å². The molecule has 0 saturated carbocycles. The van der Waals surface area contributed by atoms with Crippen molar-refractivity contribution in [3.05, 3.63) is 53.0 Å². The molecule has 22 heavy (non-hydrogen) atoms. The third kappa shape index (κ3) is 9.62. The van der Waals surface area contributed by atoms with Crippen LogP contribution in [-0.4, -0.2) is 25.6 Å². The fourth-order valence-corrected chi connectivity index (χ4v) is 1.21. The van der Waals surface area contributed by atoms with Gasteiger partial charge in [-0.25, -0.2) is 8.42 Å². The molecule has 1 aromatic carbocycles. The summed E-state index contributed by atoms with van der Waals surface area (Å²) in [4.78, 5) is 0. The monoisotopic (exact) mass is 378 g/mol.